The Kier molecular flexibility index (Phi) is 6.72. The van der Waals surface area contributed by atoms with Crippen molar-refractivity contribution in [2.75, 3.05) is 25.5 Å². The molecule has 24 heavy (non-hydrogen) atoms. The van der Waals surface area contributed by atoms with Gasteiger partial charge in [0.05, 0.1) is 6.42 Å². The van der Waals surface area contributed by atoms with Gasteiger partial charge in [0.15, 0.2) is 0 Å². The minimum absolute atomic E-state index is 0.109. The topological polar surface area (TPSA) is 90.5 Å². The lowest BCUT2D eigenvalue weighted by molar-refractivity contribution is -0.141. The van der Waals surface area contributed by atoms with Crippen LogP contribution in [0, 0.1) is 0 Å². The molecule has 128 valence electrons. The fourth-order valence-electron chi connectivity index (χ4n) is 2.45. The van der Waals surface area contributed by atoms with Gasteiger partial charge in [0.1, 0.15) is 6.04 Å². The number of benzene rings is 2. The first kappa shape index (κ1) is 17.9. The molecule has 0 aliphatic rings. The third kappa shape index (κ3) is 5.33. The number of anilines is 1. The first-order valence-electron chi connectivity index (χ1n) is 7.99. The number of carbonyl (C=O) groups excluding carboxylic acids is 1. The van der Waals surface area contributed by atoms with Crippen molar-refractivity contribution in [1.82, 2.24) is 10.6 Å². The van der Waals surface area contributed by atoms with Crippen LogP contribution < -0.4 is 16.0 Å². The third-order valence-corrected chi connectivity index (χ3v) is 3.72. The number of nitrogens with one attached hydrogen (secondary N) is 3. The quantitative estimate of drug-likeness (QED) is 0.527. The second kappa shape index (κ2) is 9.00. The third-order valence-electron chi connectivity index (χ3n) is 3.72. The van der Waals surface area contributed by atoms with E-state index in [1.54, 1.807) is 0 Å². The molecule has 1 atom stereocenters. The van der Waals surface area contributed by atoms with E-state index in [2.05, 4.69) is 16.0 Å². The molecule has 0 spiro atoms. The number of carboxylic acids is 1. The van der Waals surface area contributed by atoms with E-state index in [0.29, 0.717) is 12.2 Å². The van der Waals surface area contributed by atoms with Crippen LogP contribution in [-0.4, -0.2) is 43.2 Å². The molecule has 2 rings (SSSR count). The van der Waals surface area contributed by atoms with Crippen molar-refractivity contribution in [2.24, 2.45) is 0 Å². The SMILES string of the molecule is CNCCCNC(CC(=O)Nc1ccc2ccccc2c1)C(=O)O. The van der Waals surface area contributed by atoms with Crippen LogP contribution in [0.2, 0.25) is 0 Å². The lowest BCUT2D eigenvalue weighted by atomic mass is 10.1. The Bertz CT molecular complexity index is 703. The van der Waals surface area contributed by atoms with Gasteiger partial charge < -0.3 is 21.1 Å². The second-order valence-corrected chi connectivity index (χ2v) is 5.62. The maximum atomic E-state index is 12.1. The normalized spacial score (nSPS) is 12.0. The van der Waals surface area contributed by atoms with Gasteiger partial charge in [-0.15, -0.1) is 0 Å². The Balaban J connectivity index is 1.92. The molecular formula is C18H23N3O3. The van der Waals surface area contributed by atoms with Crippen LogP contribution in [0.15, 0.2) is 42.5 Å². The Labute approximate surface area is 141 Å². The van der Waals surface area contributed by atoms with Gasteiger partial charge >= 0.3 is 5.97 Å². The van der Waals surface area contributed by atoms with Gasteiger partial charge in [-0.05, 0) is 49.5 Å². The fourth-order valence-corrected chi connectivity index (χ4v) is 2.45. The van der Waals surface area contributed by atoms with Gasteiger partial charge in [-0.3, -0.25) is 9.59 Å². The summed E-state index contributed by atoms with van der Waals surface area (Å²) in [5, 5.41) is 20.0. The molecule has 0 aromatic heterocycles. The Morgan fingerprint density at radius 1 is 1.08 bits per heavy atom. The maximum Gasteiger partial charge on any atom is 0.321 e. The van der Waals surface area contributed by atoms with E-state index in [0.717, 1.165) is 23.7 Å². The summed E-state index contributed by atoms with van der Waals surface area (Å²) in [6.07, 6.45) is 0.689. The molecule has 0 bridgehead atoms. The second-order valence-electron chi connectivity index (χ2n) is 5.62. The number of hydrogen-bond acceptors (Lipinski definition) is 4. The minimum atomic E-state index is -1.02. The predicted octanol–water partition coefficient (Wildman–Crippen LogP) is 1.82. The fraction of sp³-hybridized carbons (Fsp3) is 0.333. The summed E-state index contributed by atoms with van der Waals surface area (Å²) in [5.41, 5.74) is 0.665. The highest BCUT2D eigenvalue weighted by Crippen LogP contribution is 2.19. The molecular weight excluding hydrogens is 306 g/mol. The maximum absolute atomic E-state index is 12.1. The van der Waals surface area contributed by atoms with Crippen LogP contribution in [-0.2, 0) is 9.59 Å². The van der Waals surface area contributed by atoms with E-state index in [1.807, 2.05) is 49.5 Å². The lowest BCUT2D eigenvalue weighted by Crippen LogP contribution is -2.40. The van der Waals surface area contributed by atoms with Gasteiger partial charge in [-0.1, -0.05) is 30.3 Å². The average molecular weight is 329 g/mol. The Hall–Kier alpha value is -2.44. The molecule has 4 N–H and O–H groups in total. The number of carbonyl (C=O) groups is 2. The monoisotopic (exact) mass is 329 g/mol. The van der Waals surface area contributed by atoms with Crippen LogP contribution in [0.3, 0.4) is 0 Å². The van der Waals surface area contributed by atoms with Crippen LogP contribution in [0.1, 0.15) is 12.8 Å². The highest BCUT2D eigenvalue weighted by molar-refractivity contribution is 5.96. The molecule has 0 radical (unpaired) electrons. The Morgan fingerprint density at radius 2 is 1.83 bits per heavy atom. The molecule has 0 saturated heterocycles. The van der Waals surface area contributed by atoms with Crippen LogP contribution in [0.4, 0.5) is 5.69 Å². The first-order valence-corrected chi connectivity index (χ1v) is 7.99. The number of aliphatic carboxylic acids is 1. The molecule has 2 aromatic carbocycles. The lowest BCUT2D eigenvalue weighted by Gasteiger charge is -2.14. The predicted molar refractivity (Wildman–Crippen MR) is 95.2 cm³/mol. The van der Waals surface area contributed by atoms with E-state index in [-0.39, 0.29) is 12.3 Å². The van der Waals surface area contributed by atoms with Gasteiger partial charge in [0.25, 0.3) is 0 Å². The van der Waals surface area contributed by atoms with E-state index >= 15 is 0 Å². The summed E-state index contributed by atoms with van der Waals surface area (Å²) in [4.78, 5) is 23.4. The zero-order valence-corrected chi connectivity index (χ0v) is 13.7. The summed E-state index contributed by atoms with van der Waals surface area (Å²) >= 11 is 0. The van der Waals surface area contributed by atoms with E-state index in [9.17, 15) is 14.7 Å². The van der Waals surface area contributed by atoms with Crippen molar-refractivity contribution in [3.05, 3.63) is 42.5 Å². The number of carboxylic acid groups (broad SMARTS) is 1. The summed E-state index contributed by atoms with van der Waals surface area (Å²) in [6, 6.07) is 12.6. The molecule has 0 aliphatic heterocycles. The van der Waals surface area contributed by atoms with E-state index in [4.69, 9.17) is 0 Å². The van der Waals surface area contributed by atoms with Crippen LogP contribution >= 0.6 is 0 Å². The smallest absolute Gasteiger partial charge is 0.321 e. The molecule has 0 heterocycles. The molecule has 6 nitrogen and oxygen atoms in total. The molecule has 0 saturated carbocycles. The van der Waals surface area contributed by atoms with Crippen LogP contribution in [0.25, 0.3) is 10.8 Å². The van der Waals surface area contributed by atoms with Gasteiger partial charge in [0, 0.05) is 5.69 Å². The summed E-state index contributed by atoms with van der Waals surface area (Å²) in [6.45, 7) is 1.34. The molecule has 1 unspecified atom stereocenters. The first-order chi connectivity index (χ1) is 11.6. The van der Waals surface area contributed by atoms with Crippen molar-refractivity contribution in [2.45, 2.75) is 18.9 Å². The largest absolute Gasteiger partial charge is 0.480 e. The molecule has 0 fully saturated rings. The number of rotatable bonds is 9. The standard InChI is InChI=1S/C18H23N3O3/c1-19-9-4-10-20-16(18(23)24)12-17(22)21-15-8-7-13-5-2-3-6-14(13)11-15/h2-3,5-8,11,16,19-20H,4,9-10,12H2,1H3,(H,21,22)(H,23,24). The zero-order chi connectivity index (χ0) is 17.4. The van der Waals surface area contributed by atoms with E-state index < -0.39 is 12.0 Å². The van der Waals surface area contributed by atoms with Gasteiger partial charge in [-0.2, -0.15) is 0 Å². The number of amides is 1. The highest BCUT2D eigenvalue weighted by atomic mass is 16.4. The van der Waals surface area contributed by atoms with Crippen molar-refractivity contribution < 1.29 is 14.7 Å². The summed E-state index contributed by atoms with van der Waals surface area (Å²) in [5.74, 6) is -1.34. The average Bonchev–Trinajstić information content (AvgIpc) is 2.57. The minimum Gasteiger partial charge on any atom is -0.480 e. The van der Waals surface area contributed by atoms with Crippen molar-refractivity contribution in [3.63, 3.8) is 0 Å². The van der Waals surface area contributed by atoms with Crippen molar-refractivity contribution in [1.29, 1.82) is 0 Å². The van der Waals surface area contributed by atoms with Gasteiger partial charge in [-0.25, -0.2) is 0 Å². The van der Waals surface area contributed by atoms with Gasteiger partial charge in [0.2, 0.25) is 5.91 Å². The van der Waals surface area contributed by atoms with E-state index in [1.165, 1.54) is 0 Å². The Morgan fingerprint density at radius 3 is 2.54 bits per heavy atom. The summed E-state index contributed by atoms with van der Waals surface area (Å²) in [7, 11) is 1.84. The number of hydrogen-bond donors (Lipinski definition) is 4. The van der Waals surface area contributed by atoms with Crippen LogP contribution in [0.5, 0.6) is 0 Å². The molecule has 1 amide bonds. The van der Waals surface area contributed by atoms with Crippen molar-refractivity contribution >= 4 is 28.3 Å². The molecule has 6 heteroatoms. The molecule has 2 aromatic rings. The molecule has 0 aliphatic carbocycles. The number of fused-ring (bicyclic) bond motifs is 1. The zero-order valence-electron chi connectivity index (χ0n) is 13.7. The van der Waals surface area contributed by atoms with Crippen molar-refractivity contribution in [3.8, 4) is 0 Å². The summed E-state index contributed by atoms with van der Waals surface area (Å²) < 4.78 is 0. The highest BCUT2D eigenvalue weighted by Gasteiger charge is 2.20.